The predicted molar refractivity (Wildman–Crippen MR) is 123 cm³/mol. The summed E-state index contributed by atoms with van der Waals surface area (Å²) in [6, 6.07) is 29.7. The second-order valence-electron chi connectivity index (χ2n) is 7.19. The van der Waals surface area contributed by atoms with Crippen LogP contribution in [0.25, 0.3) is 11.1 Å². The van der Waals surface area contributed by atoms with E-state index in [1.807, 2.05) is 12.1 Å². The second-order valence-corrected chi connectivity index (χ2v) is 7.19. The molecule has 0 N–H and O–H groups in total. The highest BCUT2D eigenvalue weighted by atomic mass is 16.5. The average Bonchev–Trinajstić information content (AvgIpc) is 2.88. The summed E-state index contributed by atoms with van der Waals surface area (Å²) in [7, 11) is 1.30. The van der Waals surface area contributed by atoms with E-state index in [1.54, 1.807) is 91.0 Å². The molecule has 0 saturated heterocycles. The molecule has 0 radical (unpaired) electrons. The fraction of sp³-hybridized carbons (Fsp3) is 0.0357. The molecule has 156 valence electrons. The molecule has 0 heterocycles. The van der Waals surface area contributed by atoms with E-state index in [4.69, 9.17) is 4.74 Å². The van der Waals surface area contributed by atoms with Crippen molar-refractivity contribution in [1.29, 1.82) is 0 Å². The van der Waals surface area contributed by atoms with Gasteiger partial charge >= 0.3 is 5.97 Å². The normalized spacial score (nSPS) is 10.4. The second kappa shape index (κ2) is 9.23. The molecule has 0 aromatic heterocycles. The number of methoxy groups -OCH3 is 1. The molecule has 32 heavy (non-hydrogen) atoms. The molecule has 0 saturated carbocycles. The summed E-state index contributed by atoms with van der Waals surface area (Å²) in [5.74, 6) is -0.882. The van der Waals surface area contributed by atoms with Crippen LogP contribution in [0.1, 0.15) is 42.2 Å². The third-order valence-corrected chi connectivity index (χ3v) is 5.22. The molecule has 4 heteroatoms. The zero-order valence-electron chi connectivity index (χ0n) is 17.4. The lowest BCUT2D eigenvalue weighted by atomic mass is 9.89. The van der Waals surface area contributed by atoms with Crippen molar-refractivity contribution in [2.45, 2.75) is 0 Å². The third-order valence-electron chi connectivity index (χ3n) is 5.22. The standard InChI is InChI=1S/C28H20O4/c1-32-28(31)24-17-16-21(26(29)19-10-4-2-5-11-19)18-25(24)22-14-8-9-15-23(22)27(30)20-12-6-3-7-13-20/h2-18H,1H3. The number of esters is 1. The van der Waals surface area contributed by atoms with Gasteiger partial charge in [-0.05, 0) is 23.3 Å². The van der Waals surface area contributed by atoms with Gasteiger partial charge in [0, 0.05) is 22.3 Å². The molecule has 0 aliphatic rings. The quantitative estimate of drug-likeness (QED) is 0.301. The lowest BCUT2D eigenvalue weighted by molar-refractivity contribution is 0.0601. The van der Waals surface area contributed by atoms with E-state index in [-0.39, 0.29) is 17.1 Å². The van der Waals surface area contributed by atoms with Gasteiger partial charge in [-0.3, -0.25) is 9.59 Å². The molecule has 0 bridgehead atoms. The average molecular weight is 420 g/mol. The number of hydrogen-bond acceptors (Lipinski definition) is 4. The van der Waals surface area contributed by atoms with Gasteiger partial charge in [-0.2, -0.15) is 0 Å². The number of benzene rings is 4. The number of hydrogen-bond donors (Lipinski definition) is 0. The first-order valence-corrected chi connectivity index (χ1v) is 10.1. The smallest absolute Gasteiger partial charge is 0.338 e. The van der Waals surface area contributed by atoms with Gasteiger partial charge in [0.2, 0.25) is 0 Å². The van der Waals surface area contributed by atoms with E-state index in [0.717, 1.165) is 0 Å². The number of carbonyl (C=O) groups excluding carboxylic acids is 3. The Morgan fingerprint density at radius 2 is 1.09 bits per heavy atom. The topological polar surface area (TPSA) is 60.4 Å². The summed E-state index contributed by atoms with van der Waals surface area (Å²) in [4.78, 5) is 38.8. The van der Waals surface area contributed by atoms with Crippen molar-refractivity contribution >= 4 is 17.5 Å². The van der Waals surface area contributed by atoms with Gasteiger partial charge < -0.3 is 4.74 Å². The number of carbonyl (C=O) groups is 3. The minimum Gasteiger partial charge on any atom is -0.465 e. The van der Waals surface area contributed by atoms with Crippen LogP contribution in [0.15, 0.2) is 103 Å². The third kappa shape index (κ3) is 4.12. The Hall–Kier alpha value is -4.31. The number of ketones is 2. The van der Waals surface area contributed by atoms with Crippen LogP contribution in [-0.2, 0) is 4.74 Å². The Balaban J connectivity index is 1.88. The lowest BCUT2D eigenvalue weighted by Gasteiger charge is -2.14. The van der Waals surface area contributed by atoms with Gasteiger partial charge in [-0.1, -0.05) is 91.0 Å². The minimum atomic E-state index is -0.541. The number of ether oxygens (including phenoxy) is 1. The molecule has 0 spiro atoms. The zero-order chi connectivity index (χ0) is 22.5. The van der Waals surface area contributed by atoms with Crippen molar-refractivity contribution in [2.75, 3.05) is 7.11 Å². The predicted octanol–water partition coefficient (Wildman–Crippen LogP) is 5.60. The van der Waals surface area contributed by atoms with Crippen molar-refractivity contribution in [3.8, 4) is 11.1 Å². The molecule has 0 atom stereocenters. The van der Waals surface area contributed by atoms with Gasteiger partial charge in [0.05, 0.1) is 12.7 Å². The maximum atomic E-state index is 13.2. The van der Waals surface area contributed by atoms with Crippen molar-refractivity contribution in [1.82, 2.24) is 0 Å². The van der Waals surface area contributed by atoms with Gasteiger partial charge in [0.15, 0.2) is 11.6 Å². The molecule has 4 aromatic carbocycles. The molecule has 0 fully saturated rings. The van der Waals surface area contributed by atoms with E-state index in [0.29, 0.717) is 33.4 Å². The highest BCUT2D eigenvalue weighted by molar-refractivity contribution is 6.15. The van der Waals surface area contributed by atoms with Gasteiger partial charge in [-0.25, -0.2) is 4.79 Å². The van der Waals surface area contributed by atoms with Crippen LogP contribution in [0, 0.1) is 0 Å². The largest absolute Gasteiger partial charge is 0.465 e. The first-order valence-electron chi connectivity index (χ1n) is 10.1. The van der Waals surface area contributed by atoms with E-state index >= 15 is 0 Å². The fourth-order valence-electron chi connectivity index (χ4n) is 3.61. The van der Waals surface area contributed by atoms with E-state index in [1.165, 1.54) is 7.11 Å². The van der Waals surface area contributed by atoms with Crippen molar-refractivity contribution in [3.05, 3.63) is 131 Å². The molecule has 4 aromatic rings. The van der Waals surface area contributed by atoms with Gasteiger partial charge in [0.25, 0.3) is 0 Å². The summed E-state index contributed by atoms with van der Waals surface area (Å²) >= 11 is 0. The summed E-state index contributed by atoms with van der Waals surface area (Å²) in [5, 5.41) is 0. The van der Waals surface area contributed by atoms with Crippen LogP contribution in [-0.4, -0.2) is 24.6 Å². The van der Waals surface area contributed by atoms with Crippen molar-refractivity contribution in [2.24, 2.45) is 0 Å². The van der Waals surface area contributed by atoms with Crippen LogP contribution in [0.2, 0.25) is 0 Å². The Kier molecular flexibility index (Phi) is 6.04. The highest BCUT2D eigenvalue weighted by Gasteiger charge is 2.21. The summed E-state index contributed by atoms with van der Waals surface area (Å²) in [5.41, 5.74) is 3.25. The van der Waals surface area contributed by atoms with Crippen molar-refractivity contribution in [3.63, 3.8) is 0 Å². The Morgan fingerprint density at radius 1 is 0.531 bits per heavy atom. The van der Waals surface area contributed by atoms with E-state index < -0.39 is 5.97 Å². The molecule has 0 amide bonds. The summed E-state index contributed by atoms with van der Waals surface area (Å²) in [6.07, 6.45) is 0. The monoisotopic (exact) mass is 420 g/mol. The molecule has 4 nitrogen and oxygen atoms in total. The molecule has 0 aliphatic carbocycles. The van der Waals surface area contributed by atoms with Gasteiger partial charge in [-0.15, -0.1) is 0 Å². The summed E-state index contributed by atoms with van der Waals surface area (Å²) < 4.78 is 4.96. The first kappa shape index (κ1) is 20.9. The molecule has 4 rings (SSSR count). The zero-order valence-corrected chi connectivity index (χ0v) is 17.4. The molecular formula is C28H20O4. The fourth-order valence-corrected chi connectivity index (χ4v) is 3.61. The van der Waals surface area contributed by atoms with Crippen molar-refractivity contribution < 1.29 is 19.1 Å². The lowest BCUT2D eigenvalue weighted by Crippen LogP contribution is -2.09. The Morgan fingerprint density at radius 3 is 1.72 bits per heavy atom. The van der Waals surface area contributed by atoms with E-state index in [9.17, 15) is 14.4 Å². The molecule has 0 unspecified atom stereocenters. The number of rotatable bonds is 6. The van der Waals surface area contributed by atoms with Crippen LogP contribution in [0.3, 0.4) is 0 Å². The minimum absolute atomic E-state index is 0.170. The van der Waals surface area contributed by atoms with Crippen LogP contribution >= 0.6 is 0 Å². The molecule has 0 aliphatic heterocycles. The van der Waals surface area contributed by atoms with Crippen LogP contribution in [0.4, 0.5) is 0 Å². The van der Waals surface area contributed by atoms with Crippen LogP contribution < -0.4 is 0 Å². The van der Waals surface area contributed by atoms with Gasteiger partial charge in [0.1, 0.15) is 0 Å². The maximum absolute atomic E-state index is 13.2. The van der Waals surface area contributed by atoms with E-state index in [2.05, 4.69) is 0 Å². The maximum Gasteiger partial charge on any atom is 0.338 e. The Labute approximate surface area is 186 Å². The summed E-state index contributed by atoms with van der Waals surface area (Å²) in [6.45, 7) is 0. The first-order chi connectivity index (χ1) is 15.6. The van der Waals surface area contributed by atoms with Crippen LogP contribution in [0.5, 0.6) is 0 Å². The Bertz CT molecular complexity index is 1290. The highest BCUT2D eigenvalue weighted by Crippen LogP contribution is 2.31. The molecular weight excluding hydrogens is 400 g/mol. The SMILES string of the molecule is COC(=O)c1ccc(C(=O)c2ccccc2)cc1-c1ccccc1C(=O)c1ccccc1.